The van der Waals surface area contributed by atoms with Crippen LogP contribution in [-0.4, -0.2) is 30.8 Å². The van der Waals surface area contributed by atoms with Crippen LogP contribution in [0.4, 0.5) is 0 Å². The van der Waals surface area contributed by atoms with E-state index in [0.29, 0.717) is 0 Å². The van der Waals surface area contributed by atoms with Crippen LogP contribution < -0.4 is 4.72 Å². The van der Waals surface area contributed by atoms with E-state index in [-0.39, 0.29) is 0 Å². The molecule has 0 aromatic heterocycles. The van der Waals surface area contributed by atoms with Crippen molar-refractivity contribution in [3.8, 4) is 0 Å². The van der Waals surface area contributed by atoms with Gasteiger partial charge in [-0.1, -0.05) is 0 Å². The Kier molecular flexibility index (Phi) is 3.66. The first-order valence-electron chi connectivity index (χ1n) is 3.51. The first kappa shape index (κ1) is 11.4. The minimum Gasteiger partial charge on any atom is -0.480 e. The van der Waals surface area contributed by atoms with Crippen molar-refractivity contribution >= 4 is 16.0 Å². The second-order valence-corrected chi connectivity index (χ2v) is 5.04. The van der Waals surface area contributed by atoms with E-state index >= 15 is 0 Å². The second kappa shape index (κ2) is 3.86. The fourth-order valence-corrected chi connectivity index (χ4v) is 1.30. The summed E-state index contributed by atoms with van der Waals surface area (Å²) in [4.78, 5) is 10.3. The quantitative estimate of drug-likeness (QED) is 0.650. The van der Waals surface area contributed by atoms with Gasteiger partial charge in [0.2, 0.25) is 10.0 Å². The van der Waals surface area contributed by atoms with E-state index < -0.39 is 27.3 Å². The van der Waals surface area contributed by atoms with Crippen LogP contribution >= 0.6 is 0 Å². The van der Waals surface area contributed by atoms with Crippen molar-refractivity contribution in [2.75, 3.05) is 0 Å². The molecule has 0 rings (SSSR count). The Morgan fingerprint density at radius 1 is 1.33 bits per heavy atom. The summed E-state index contributed by atoms with van der Waals surface area (Å²) in [5.41, 5.74) is 0. The van der Waals surface area contributed by atoms with Gasteiger partial charge in [0, 0.05) is 0 Å². The van der Waals surface area contributed by atoms with Gasteiger partial charge in [-0.25, -0.2) is 13.1 Å². The normalized spacial score (nSPS) is 14.7. The second-order valence-electron chi connectivity index (χ2n) is 2.77. The van der Waals surface area contributed by atoms with E-state index in [1.165, 1.54) is 20.8 Å². The first-order chi connectivity index (χ1) is 5.27. The molecule has 0 unspecified atom stereocenters. The van der Waals surface area contributed by atoms with Gasteiger partial charge >= 0.3 is 5.97 Å². The number of rotatable bonds is 4. The average Bonchev–Trinajstić information content (AvgIpc) is 1.85. The third-order valence-electron chi connectivity index (χ3n) is 1.33. The molecule has 0 aromatic rings. The fraction of sp³-hybridized carbons (Fsp3) is 0.833. The predicted molar refractivity (Wildman–Crippen MR) is 44.3 cm³/mol. The van der Waals surface area contributed by atoms with Crippen LogP contribution in [0, 0.1) is 0 Å². The molecule has 0 aliphatic carbocycles. The molecule has 12 heavy (non-hydrogen) atoms. The van der Waals surface area contributed by atoms with Crippen molar-refractivity contribution < 1.29 is 18.3 Å². The number of hydrogen-bond donors (Lipinski definition) is 2. The molecule has 0 bridgehead atoms. The van der Waals surface area contributed by atoms with Crippen LogP contribution in [0.25, 0.3) is 0 Å². The molecule has 0 aromatic carbocycles. The highest BCUT2D eigenvalue weighted by molar-refractivity contribution is 7.90. The smallest absolute Gasteiger partial charge is 0.321 e. The number of aliphatic carboxylic acids is 1. The van der Waals surface area contributed by atoms with Gasteiger partial charge in [0.25, 0.3) is 0 Å². The molecule has 0 aliphatic rings. The zero-order valence-electron chi connectivity index (χ0n) is 7.23. The van der Waals surface area contributed by atoms with E-state index in [1.54, 1.807) is 0 Å². The van der Waals surface area contributed by atoms with Crippen LogP contribution in [0.3, 0.4) is 0 Å². The molecule has 0 heterocycles. The van der Waals surface area contributed by atoms with E-state index in [4.69, 9.17) is 5.11 Å². The number of carbonyl (C=O) groups is 1. The summed E-state index contributed by atoms with van der Waals surface area (Å²) < 4.78 is 24.2. The number of nitrogens with one attached hydrogen (secondary N) is 1. The number of carboxylic acid groups (broad SMARTS) is 1. The Balaban J connectivity index is 4.37. The van der Waals surface area contributed by atoms with Crippen LogP contribution in [-0.2, 0) is 14.8 Å². The fourth-order valence-electron chi connectivity index (χ4n) is 0.433. The molecule has 0 spiro atoms. The number of hydrogen-bond acceptors (Lipinski definition) is 3. The zero-order chi connectivity index (χ0) is 9.94. The molecule has 1 atom stereocenters. The van der Waals surface area contributed by atoms with Crippen molar-refractivity contribution in [2.24, 2.45) is 0 Å². The standard InChI is InChI=1S/C6H13NO4S/c1-4(2)12(10,11)7-5(3)6(8)9/h4-5,7H,1-3H3,(H,8,9)/t5-/m1/s1. The lowest BCUT2D eigenvalue weighted by Crippen LogP contribution is -2.41. The summed E-state index contributed by atoms with van der Waals surface area (Å²) in [7, 11) is -3.47. The SMILES string of the molecule is CC(C)S(=O)(=O)N[C@H](C)C(=O)O. The summed E-state index contributed by atoms with van der Waals surface area (Å²) in [6.07, 6.45) is 0. The van der Waals surface area contributed by atoms with Gasteiger partial charge in [0.1, 0.15) is 6.04 Å². The highest BCUT2D eigenvalue weighted by Gasteiger charge is 2.21. The van der Waals surface area contributed by atoms with Gasteiger partial charge in [0.05, 0.1) is 5.25 Å². The van der Waals surface area contributed by atoms with E-state index in [1.807, 2.05) is 4.72 Å². The van der Waals surface area contributed by atoms with E-state index in [0.717, 1.165) is 0 Å². The Morgan fingerprint density at radius 3 is 2.00 bits per heavy atom. The molecular formula is C6H13NO4S. The van der Waals surface area contributed by atoms with Crippen molar-refractivity contribution in [1.29, 1.82) is 0 Å². The van der Waals surface area contributed by atoms with Crippen molar-refractivity contribution in [1.82, 2.24) is 4.72 Å². The monoisotopic (exact) mass is 195 g/mol. The largest absolute Gasteiger partial charge is 0.480 e. The maximum atomic E-state index is 11.1. The Morgan fingerprint density at radius 2 is 1.75 bits per heavy atom. The summed E-state index contributed by atoms with van der Waals surface area (Å²) in [6, 6.07) is -1.07. The lowest BCUT2D eigenvalue weighted by atomic mass is 10.4. The van der Waals surface area contributed by atoms with Gasteiger partial charge in [-0.3, -0.25) is 4.79 Å². The molecular weight excluding hydrogens is 182 g/mol. The van der Waals surface area contributed by atoms with Crippen LogP contribution in [0.15, 0.2) is 0 Å². The highest BCUT2D eigenvalue weighted by atomic mass is 32.2. The molecule has 0 aliphatic heterocycles. The molecule has 6 heteroatoms. The van der Waals surface area contributed by atoms with Crippen molar-refractivity contribution in [2.45, 2.75) is 32.1 Å². The molecule has 72 valence electrons. The topological polar surface area (TPSA) is 83.5 Å². The third kappa shape index (κ3) is 3.19. The van der Waals surface area contributed by atoms with Gasteiger partial charge < -0.3 is 5.11 Å². The van der Waals surface area contributed by atoms with Gasteiger partial charge in [-0.05, 0) is 20.8 Å². The van der Waals surface area contributed by atoms with Crippen LogP contribution in [0.5, 0.6) is 0 Å². The Hall–Kier alpha value is -0.620. The summed E-state index contributed by atoms with van der Waals surface area (Å²) in [5, 5.41) is 7.79. The Labute approximate surface area is 71.8 Å². The van der Waals surface area contributed by atoms with Crippen LogP contribution in [0.1, 0.15) is 20.8 Å². The maximum absolute atomic E-state index is 11.1. The molecule has 0 radical (unpaired) electrons. The molecule has 0 saturated heterocycles. The van der Waals surface area contributed by atoms with Crippen molar-refractivity contribution in [3.05, 3.63) is 0 Å². The zero-order valence-corrected chi connectivity index (χ0v) is 8.05. The highest BCUT2D eigenvalue weighted by Crippen LogP contribution is 1.97. The minimum absolute atomic E-state index is 0.612. The number of sulfonamides is 1. The summed E-state index contributed by atoms with van der Waals surface area (Å²) in [5.74, 6) is -1.18. The van der Waals surface area contributed by atoms with Gasteiger partial charge in [-0.2, -0.15) is 0 Å². The lowest BCUT2D eigenvalue weighted by Gasteiger charge is -2.12. The molecule has 5 nitrogen and oxygen atoms in total. The van der Waals surface area contributed by atoms with E-state index in [2.05, 4.69) is 0 Å². The Bertz CT molecular complexity index is 257. The molecule has 2 N–H and O–H groups in total. The maximum Gasteiger partial charge on any atom is 0.321 e. The third-order valence-corrected chi connectivity index (χ3v) is 3.26. The molecule has 0 fully saturated rings. The van der Waals surface area contributed by atoms with E-state index in [9.17, 15) is 13.2 Å². The lowest BCUT2D eigenvalue weighted by molar-refractivity contribution is -0.138. The van der Waals surface area contributed by atoms with Crippen LogP contribution in [0.2, 0.25) is 0 Å². The summed E-state index contributed by atoms with van der Waals surface area (Å²) >= 11 is 0. The van der Waals surface area contributed by atoms with Gasteiger partial charge in [-0.15, -0.1) is 0 Å². The minimum atomic E-state index is -3.47. The van der Waals surface area contributed by atoms with Crippen molar-refractivity contribution in [3.63, 3.8) is 0 Å². The first-order valence-corrected chi connectivity index (χ1v) is 5.06. The molecule has 0 saturated carbocycles. The molecule has 0 amide bonds. The van der Waals surface area contributed by atoms with Gasteiger partial charge in [0.15, 0.2) is 0 Å². The average molecular weight is 195 g/mol. The predicted octanol–water partition coefficient (Wildman–Crippen LogP) is -0.213. The summed E-state index contributed by atoms with van der Waals surface area (Å²) in [6.45, 7) is 4.25. The number of carboxylic acids is 1.